The molecule has 1 unspecified atom stereocenters. The van der Waals surface area contributed by atoms with Crippen molar-refractivity contribution in [1.82, 2.24) is 9.47 Å². The summed E-state index contributed by atoms with van der Waals surface area (Å²) in [6.45, 7) is -0.0176. The molecule has 6 rings (SSSR count). The van der Waals surface area contributed by atoms with Gasteiger partial charge in [0.05, 0.1) is 31.3 Å². The molecule has 0 saturated heterocycles. The van der Waals surface area contributed by atoms with Crippen molar-refractivity contribution in [3.8, 4) is 17.2 Å². The molecule has 0 N–H and O–H groups in total. The molecular weight excluding hydrogens is 478 g/mol. The topological polar surface area (TPSA) is 64.0 Å². The summed E-state index contributed by atoms with van der Waals surface area (Å²) < 4.78 is 13.4. The van der Waals surface area contributed by atoms with Crippen molar-refractivity contribution in [3.63, 3.8) is 0 Å². The second-order valence-electron chi connectivity index (χ2n) is 9.60. The number of ether oxygens (including phenoxy) is 2. The van der Waals surface area contributed by atoms with Crippen LogP contribution in [0, 0.1) is 0 Å². The summed E-state index contributed by atoms with van der Waals surface area (Å²) in [4.78, 5) is 31.4. The zero-order valence-corrected chi connectivity index (χ0v) is 21.4. The summed E-state index contributed by atoms with van der Waals surface area (Å²) in [6.07, 6.45) is 3.81. The number of hydrogen-bond acceptors (Lipinski definition) is 4. The average Bonchev–Trinajstić information content (AvgIpc) is 3.69. The van der Waals surface area contributed by atoms with E-state index in [2.05, 4.69) is 4.57 Å². The predicted octanol–water partition coefficient (Wildman–Crippen LogP) is 5.24. The van der Waals surface area contributed by atoms with E-state index >= 15 is 0 Å². The highest BCUT2D eigenvalue weighted by Crippen LogP contribution is 2.45. The summed E-state index contributed by atoms with van der Waals surface area (Å²) in [6, 6.07) is 26.3. The maximum atomic E-state index is 14.4. The zero-order valence-electron chi connectivity index (χ0n) is 21.4. The van der Waals surface area contributed by atoms with Crippen molar-refractivity contribution >= 4 is 17.5 Å². The van der Waals surface area contributed by atoms with Crippen molar-refractivity contribution in [2.75, 3.05) is 25.7 Å². The predicted molar refractivity (Wildman–Crippen MR) is 145 cm³/mol. The van der Waals surface area contributed by atoms with Crippen LogP contribution in [0.15, 0.2) is 91.1 Å². The molecule has 2 heterocycles. The van der Waals surface area contributed by atoms with E-state index in [1.807, 2.05) is 83.9 Å². The van der Waals surface area contributed by atoms with Crippen molar-refractivity contribution < 1.29 is 19.1 Å². The van der Waals surface area contributed by atoms with Crippen molar-refractivity contribution in [2.24, 2.45) is 0 Å². The quantitative estimate of drug-likeness (QED) is 0.343. The molecule has 1 aromatic heterocycles. The van der Waals surface area contributed by atoms with Crippen molar-refractivity contribution in [3.05, 3.63) is 108 Å². The third-order valence-electron chi connectivity index (χ3n) is 7.29. The molecule has 1 saturated carbocycles. The fourth-order valence-corrected chi connectivity index (χ4v) is 5.33. The summed E-state index contributed by atoms with van der Waals surface area (Å²) in [5.74, 6) is 1.05. The summed E-state index contributed by atoms with van der Waals surface area (Å²) in [7, 11) is 3.25. The number of amides is 2. The number of hydrogen-bond donors (Lipinski definition) is 0. The third-order valence-corrected chi connectivity index (χ3v) is 7.29. The minimum Gasteiger partial charge on any atom is -0.497 e. The van der Waals surface area contributed by atoms with Gasteiger partial charge in [0.15, 0.2) is 0 Å². The molecule has 3 aromatic carbocycles. The standard InChI is InChI=1S/C31H29N3O4/c1-37-23-16-17-28(38-2)24(19-23)30-27-13-8-18-32(27)25-11-6-7-12-26(25)34(30)29(35)20-33(22-14-15-22)31(36)21-9-4-3-5-10-21/h3-13,16-19,22,30H,14-15,20H2,1-2H3. The van der Waals surface area contributed by atoms with E-state index < -0.39 is 6.04 Å². The van der Waals surface area contributed by atoms with E-state index in [-0.39, 0.29) is 24.4 Å². The van der Waals surface area contributed by atoms with Gasteiger partial charge in [0.1, 0.15) is 24.1 Å². The number of fused-ring (bicyclic) bond motifs is 3. The van der Waals surface area contributed by atoms with Crippen LogP contribution < -0.4 is 14.4 Å². The first kappa shape index (κ1) is 23.9. The van der Waals surface area contributed by atoms with Gasteiger partial charge in [-0.05, 0) is 67.4 Å². The van der Waals surface area contributed by atoms with E-state index in [0.717, 1.165) is 35.5 Å². The monoisotopic (exact) mass is 507 g/mol. The van der Waals surface area contributed by atoms with Gasteiger partial charge in [0.25, 0.3) is 5.91 Å². The Balaban J connectivity index is 1.46. The van der Waals surface area contributed by atoms with Crippen LogP contribution in [0.3, 0.4) is 0 Å². The Labute approximate surface area is 221 Å². The fourth-order valence-electron chi connectivity index (χ4n) is 5.33. The Kier molecular flexibility index (Phi) is 6.12. The number of para-hydroxylation sites is 2. The molecule has 2 amide bonds. The van der Waals surface area contributed by atoms with E-state index in [1.165, 1.54) is 0 Å². The normalized spacial score (nSPS) is 15.8. The van der Waals surface area contributed by atoms with Crippen LogP contribution in [0.4, 0.5) is 5.69 Å². The van der Waals surface area contributed by atoms with Gasteiger partial charge >= 0.3 is 0 Å². The van der Waals surface area contributed by atoms with E-state index in [0.29, 0.717) is 17.1 Å². The van der Waals surface area contributed by atoms with Crippen LogP contribution in [0.5, 0.6) is 11.5 Å². The second-order valence-corrected chi connectivity index (χ2v) is 9.60. The smallest absolute Gasteiger partial charge is 0.254 e. The first-order chi connectivity index (χ1) is 18.6. The van der Waals surface area contributed by atoms with Gasteiger partial charge in [-0.1, -0.05) is 30.3 Å². The van der Waals surface area contributed by atoms with Crippen LogP contribution >= 0.6 is 0 Å². The average molecular weight is 508 g/mol. The van der Waals surface area contributed by atoms with E-state index in [4.69, 9.17) is 9.47 Å². The largest absolute Gasteiger partial charge is 0.497 e. The summed E-state index contributed by atoms with van der Waals surface area (Å²) in [5.41, 5.74) is 4.01. The fraction of sp³-hybridized carbons (Fsp3) is 0.226. The number of benzene rings is 3. The molecule has 1 fully saturated rings. The maximum Gasteiger partial charge on any atom is 0.254 e. The van der Waals surface area contributed by atoms with Gasteiger partial charge < -0.3 is 18.9 Å². The molecule has 7 nitrogen and oxygen atoms in total. The Morgan fingerprint density at radius 3 is 2.32 bits per heavy atom. The Bertz CT molecular complexity index is 1490. The van der Waals surface area contributed by atoms with Crippen LogP contribution in [-0.2, 0) is 4.79 Å². The number of rotatable bonds is 7. The first-order valence-electron chi connectivity index (χ1n) is 12.8. The van der Waals surface area contributed by atoms with E-state index in [9.17, 15) is 9.59 Å². The van der Waals surface area contributed by atoms with E-state index in [1.54, 1.807) is 31.3 Å². The Hall–Kier alpha value is -4.52. The molecule has 0 radical (unpaired) electrons. The lowest BCUT2D eigenvalue weighted by molar-refractivity contribution is -0.119. The molecule has 1 atom stereocenters. The first-order valence-corrected chi connectivity index (χ1v) is 12.8. The zero-order chi connectivity index (χ0) is 26.2. The van der Waals surface area contributed by atoms with Gasteiger partial charge in [-0.3, -0.25) is 14.5 Å². The minimum absolute atomic E-state index is 0.0176. The summed E-state index contributed by atoms with van der Waals surface area (Å²) >= 11 is 0. The van der Waals surface area contributed by atoms with Gasteiger partial charge in [-0.15, -0.1) is 0 Å². The SMILES string of the molecule is COc1ccc(OC)c(C2c3cccn3-c3ccccc3N2C(=O)CN(C(=O)c2ccccc2)C2CC2)c1. The molecular formula is C31H29N3O4. The Morgan fingerprint density at radius 2 is 1.61 bits per heavy atom. The highest BCUT2D eigenvalue weighted by Gasteiger charge is 2.41. The number of nitrogens with zero attached hydrogens (tertiary/aromatic N) is 3. The molecule has 0 spiro atoms. The number of carbonyl (C=O) groups is 2. The van der Waals surface area contributed by atoms with Crippen LogP contribution in [0.25, 0.3) is 5.69 Å². The number of carbonyl (C=O) groups excluding carboxylic acids is 2. The lowest BCUT2D eigenvalue weighted by atomic mass is 9.96. The van der Waals surface area contributed by atoms with Crippen LogP contribution in [0.2, 0.25) is 0 Å². The highest BCUT2D eigenvalue weighted by atomic mass is 16.5. The van der Waals surface area contributed by atoms with Crippen molar-refractivity contribution in [2.45, 2.75) is 24.9 Å². The molecule has 4 aromatic rings. The lowest BCUT2D eigenvalue weighted by Gasteiger charge is -2.40. The molecule has 192 valence electrons. The van der Waals surface area contributed by atoms with Crippen LogP contribution in [-0.4, -0.2) is 48.1 Å². The Morgan fingerprint density at radius 1 is 0.868 bits per heavy atom. The molecule has 7 heteroatoms. The minimum atomic E-state index is -0.481. The number of methoxy groups -OCH3 is 2. The third kappa shape index (κ3) is 4.10. The van der Waals surface area contributed by atoms with Gasteiger partial charge in [0, 0.05) is 23.4 Å². The molecule has 1 aliphatic carbocycles. The molecule has 38 heavy (non-hydrogen) atoms. The number of anilines is 1. The molecule has 0 bridgehead atoms. The lowest BCUT2D eigenvalue weighted by Crippen LogP contribution is -2.47. The molecule has 2 aliphatic rings. The van der Waals surface area contributed by atoms with Gasteiger partial charge in [-0.25, -0.2) is 0 Å². The van der Waals surface area contributed by atoms with Crippen LogP contribution in [0.1, 0.15) is 40.5 Å². The highest BCUT2D eigenvalue weighted by molar-refractivity contribution is 6.03. The second kappa shape index (κ2) is 9.74. The summed E-state index contributed by atoms with van der Waals surface area (Å²) in [5, 5.41) is 0. The molecule has 1 aliphatic heterocycles. The maximum absolute atomic E-state index is 14.4. The van der Waals surface area contributed by atoms with Gasteiger partial charge in [0.2, 0.25) is 5.91 Å². The number of aromatic nitrogens is 1. The van der Waals surface area contributed by atoms with Gasteiger partial charge in [-0.2, -0.15) is 0 Å². The van der Waals surface area contributed by atoms with Crippen molar-refractivity contribution in [1.29, 1.82) is 0 Å².